The number of thiophene rings is 1. The number of hydrogen-bond donors (Lipinski definition) is 2. The van der Waals surface area contributed by atoms with Gasteiger partial charge in [-0.15, -0.1) is 11.3 Å². The zero-order valence-electron chi connectivity index (χ0n) is 13.6. The fourth-order valence-corrected chi connectivity index (χ4v) is 4.36. The van der Waals surface area contributed by atoms with E-state index in [1.54, 1.807) is 11.3 Å². The summed E-state index contributed by atoms with van der Waals surface area (Å²) in [6.07, 6.45) is 0.992. The fourth-order valence-electron chi connectivity index (χ4n) is 2.38. The first-order valence-electron chi connectivity index (χ1n) is 8.06. The maximum Gasteiger partial charge on any atom is 0.191 e. The standard InChI is InChI=1S/C15H26N4O2S2/c1-2-16-15(17-6-5-14-4-3-11-22-14)18-7-8-19-9-12-23(20,21)13-10-19/h3-4,11H,2,5-10,12-13H2,1H3,(H2,16,17,18). The van der Waals surface area contributed by atoms with Crippen LogP contribution in [0.25, 0.3) is 0 Å². The minimum Gasteiger partial charge on any atom is -0.357 e. The molecular formula is C15H26N4O2S2. The average Bonchev–Trinajstić information content (AvgIpc) is 3.02. The first kappa shape index (κ1) is 18.2. The fraction of sp³-hybridized carbons (Fsp3) is 0.667. The SMILES string of the molecule is CCNC(=NCCN1CCS(=O)(=O)CC1)NCCc1cccs1. The lowest BCUT2D eigenvalue weighted by molar-refractivity contribution is 0.304. The maximum atomic E-state index is 11.4. The summed E-state index contributed by atoms with van der Waals surface area (Å²) < 4.78 is 22.8. The molecule has 0 unspecified atom stereocenters. The number of nitrogens with one attached hydrogen (secondary N) is 2. The van der Waals surface area contributed by atoms with Crippen molar-refractivity contribution >= 4 is 27.1 Å². The molecule has 0 aromatic carbocycles. The largest absolute Gasteiger partial charge is 0.357 e. The number of rotatable bonds is 7. The summed E-state index contributed by atoms with van der Waals surface area (Å²) in [4.78, 5) is 8.10. The van der Waals surface area contributed by atoms with E-state index in [4.69, 9.17) is 0 Å². The predicted octanol–water partition coefficient (Wildman–Crippen LogP) is 0.576. The Morgan fingerprint density at radius 1 is 1.35 bits per heavy atom. The lowest BCUT2D eigenvalue weighted by atomic mass is 10.3. The second kappa shape index (κ2) is 9.24. The van der Waals surface area contributed by atoms with Crippen molar-refractivity contribution in [1.29, 1.82) is 0 Å². The number of nitrogens with zero attached hydrogens (tertiary/aromatic N) is 2. The van der Waals surface area contributed by atoms with E-state index in [1.807, 2.05) is 6.92 Å². The molecule has 0 amide bonds. The van der Waals surface area contributed by atoms with Gasteiger partial charge in [-0.25, -0.2) is 8.42 Å². The van der Waals surface area contributed by atoms with E-state index in [0.29, 0.717) is 19.6 Å². The first-order valence-corrected chi connectivity index (χ1v) is 10.8. The second-order valence-corrected chi connectivity index (χ2v) is 8.85. The number of sulfone groups is 1. The molecule has 2 heterocycles. The van der Waals surface area contributed by atoms with Gasteiger partial charge in [-0.05, 0) is 24.8 Å². The van der Waals surface area contributed by atoms with Gasteiger partial charge in [-0.1, -0.05) is 6.07 Å². The monoisotopic (exact) mass is 358 g/mol. The van der Waals surface area contributed by atoms with Gasteiger partial charge in [-0.3, -0.25) is 9.89 Å². The highest BCUT2D eigenvalue weighted by atomic mass is 32.2. The zero-order valence-corrected chi connectivity index (χ0v) is 15.3. The van der Waals surface area contributed by atoms with Crippen molar-refractivity contribution in [3.8, 4) is 0 Å². The Kier molecular flexibility index (Phi) is 7.32. The highest BCUT2D eigenvalue weighted by Gasteiger charge is 2.20. The highest BCUT2D eigenvalue weighted by Crippen LogP contribution is 2.08. The predicted molar refractivity (Wildman–Crippen MR) is 97.1 cm³/mol. The number of hydrogen-bond acceptors (Lipinski definition) is 5. The van der Waals surface area contributed by atoms with E-state index in [9.17, 15) is 8.42 Å². The molecule has 2 N–H and O–H groups in total. The lowest BCUT2D eigenvalue weighted by Gasteiger charge is -2.25. The third kappa shape index (κ3) is 6.88. The maximum absolute atomic E-state index is 11.4. The van der Waals surface area contributed by atoms with E-state index >= 15 is 0 Å². The van der Waals surface area contributed by atoms with Crippen molar-refractivity contribution in [2.75, 3.05) is 50.8 Å². The van der Waals surface area contributed by atoms with Gasteiger partial charge in [0.2, 0.25) is 0 Å². The van der Waals surface area contributed by atoms with Gasteiger partial charge >= 0.3 is 0 Å². The van der Waals surface area contributed by atoms with Gasteiger partial charge in [0.25, 0.3) is 0 Å². The summed E-state index contributed by atoms with van der Waals surface area (Å²) in [5.74, 6) is 1.37. The normalized spacial score (nSPS) is 18.7. The Balaban J connectivity index is 1.70. The summed E-state index contributed by atoms with van der Waals surface area (Å²) in [6, 6.07) is 4.21. The van der Waals surface area contributed by atoms with Crippen LogP contribution in [0.5, 0.6) is 0 Å². The van der Waals surface area contributed by atoms with E-state index in [0.717, 1.165) is 32.0 Å². The molecule has 1 aromatic heterocycles. The molecule has 1 aliphatic heterocycles. The third-order valence-electron chi connectivity index (χ3n) is 3.71. The molecule has 1 aliphatic rings. The van der Waals surface area contributed by atoms with Crippen molar-refractivity contribution in [2.24, 2.45) is 4.99 Å². The Morgan fingerprint density at radius 3 is 2.78 bits per heavy atom. The molecule has 0 atom stereocenters. The van der Waals surface area contributed by atoms with E-state index in [-0.39, 0.29) is 11.5 Å². The Hall–Kier alpha value is -1.12. The average molecular weight is 359 g/mol. The van der Waals surface area contributed by atoms with Gasteiger partial charge in [0.05, 0.1) is 18.1 Å². The van der Waals surface area contributed by atoms with Crippen LogP contribution in [0.2, 0.25) is 0 Å². The quantitative estimate of drug-likeness (QED) is 0.551. The molecule has 130 valence electrons. The molecule has 0 bridgehead atoms. The van der Waals surface area contributed by atoms with Crippen LogP contribution in [0, 0.1) is 0 Å². The zero-order chi connectivity index (χ0) is 16.5. The number of guanidine groups is 1. The van der Waals surface area contributed by atoms with Crippen molar-refractivity contribution in [1.82, 2.24) is 15.5 Å². The molecule has 0 saturated carbocycles. The molecule has 1 aromatic rings. The molecule has 1 saturated heterocycles. The van der Waals surface area contributed by atoms with Crippen LogP contribution in [0.3, 0.4) is 0 Å². The van der Waals surface area contributed by atoms with Crippen molar-refractivity contribution in [3.05, 3.63) is 22.4 Å². The molecule has 0 spiro atoms. The van der Waals surface area contributed by atoms with Gasteiger partial charge < -0.3 is 10.6 Å². The minimum atomic E-state index is -2.80. The summed E-state index contributed by atoms with van der Waals surface area (Å²) in [6.45, 7) is 6.46. The minimum absolute atomic E-state index is 0.274. The lowest BCUT2D eigenvalue weighted by Crippen LogP contribution is -2.42. The van der Waals surface area contributed by atoms with Crippen LogP contribution in [0.15, 0.2) is 22.5 Å². The third-order valence-corrected chi connectivity index (χ3v) is 6.26. The Labute approximate surface area is 142 Å². The molecule has 8 heteroatoms. The molecule has 23 heavy (non-hydrogen) atoms. The van der Waals surface area contributed by atoms with Crippen LogP contribution >= 0.6 is 11.3 Å². The van der Waals surface area contributed by atoms with Gasteiger partial charge in [0.15, 0.2) is 15.8 Å². The van der Waals surface area contributed by atoms with Crippen molar-refractivity contribution in [3.63, 3.8) is 0 Å². The molecule has 2 rings (SSSR count). The Morgan fingerprint density at radius 2 is 2.13 bits per heavy atom. The molecule has 1 fully saturated rings. The summed E-state index contributed by atoms with van der Waals surface area (Å²) in [5, 5.41) is 8.67. The topological polar surface area (TPSA) is 73.8 Å². The van der Waals surface area contributed by atoms with Crippen LogP contribution in [0.4, 0.5) is 0 Å². The van der Waals surface area contributed by atoms with E-state index < -0.39 is 9.84 Å². The van der Waals surface area contributed by atoms with E-state index in [2.05, 4.69) is 38.0 Å². The molecule has 6 nitrogen and oxygen atoms in total. The second-order valence-electron chi connectivity index (χ2n) is 5.51. The van der Waals surface area contributed by atoms with Gasteiger partial charge in [0.1, 0.15) is 0 Å². The summed E-state index contributed by atoms with van der Waals surface area (Å²) >= 11 is 1.77. The molecule has 0 radical (unpaired) electrons. The van der Waals surface area contributed by atoms with Crippen molar-refractivity contribution < 1.29 is 8.42 Å². The van der Waals surface area contributed by atoms with Crippen LogP contribution in [0.1, 0.15) is 11.8 Å². The van der Waals surface area contributed by atoms with Gasteiger partial charge in [0, 0.05) is 37.6 Å². The summed E-state index contributed by atoms with van der Waals surface area (Å²) in [5.41, 5.74) is 0. The van der Waals surface area contributed by atoms with Crippen LogP contribution < -0.4 is 10.6 Å². The number of aliphatic imine (C=N–C) groups is 1. The van der Waals surface area contributed by atoms with Crippen molar-refractivity contribution in [2.45, 2.75) is 13.3 Å². The van der Waals surface area contributed by atoms with Crippen LogP contribution in [-0.2, 0) is 16.3 Å². The smallest absolute Gasteiger partial charge is 0.191 e. The van der Waals surface area contributed by atoms with Crippen LogP contribution in [-0.4, -0.2) is 70.1 Å². The summed E-state index contributed by atoms with van der Waals surface area (Å²) in [7, 11) is -2.80. The van der Waals surface area contributed by atoms with E-state index in [1.165, 1.54) is 4.88 Å². The Bertz CT molecular complexity index is 571. The molecular weight excluding hydrogens is 332 g/mol. The molecule has 0 aliphatic carbocycles. The first-order chi connectivity index (χ1) is 11.1. The highest BCUT2D eigenvalue weighted by molar-refractivity contribution is 7.91. The van der Waals surface area contributed by atoms with Gasteiger partial charge in [-0.2, -0.15) is 0 Å².